The zero-order valence-corrected chi connectivity index (χ0v) is 26.6. The summed E-state index contributed by atoms with van der Waals surface area (Å²) in [6, 6.07) is 20.1. The average Bonchev–Trinajstić information content (AvgIpc) is 3.30. The topological polar surface area (TPSA) is 83.5 Å². The molecule has 12 heteroatoms. The molecule has 5 rings (SSSR count). The summed E-state index contributed by atoms with van der Waals surface area (Å²) in [4.78, 5) is 29.3. The third-order valence-electron chi connectivity index (χ3n) is 5.88. The summed E-state index contributed by atoms with van der Waals surface area (Å²) < 4.78 is 6.83. The monoisotopic (exact) mass is 751 g/mol. The number of ether oxygens (including phenoxy) is 1. The maximum absolute atomic E-state index is 13.4. The van der Waals surface area contributed by atoms with Gasteiger partial charge < -0.3 is 9.72 Å². The van der Waals surface area contributed by atoms with E-state index < -0.39 is 11.9 Å². The van der Waals surface area contributed by atoms with Crippen LogP contribution in [0.4, 0.5) is 0 Å². The number of H-pyrrole nitrogens is 1. The maximum Gasteiger partial charge on any atom is 0.343 e. The number of fused-ring (bicyclic) bond motifs is 1. The van der Waals surface area contributed by atoms with Gasteiger partial charge in [0.15, 0.2) is 5.75 Å². The molecule has 6 nitrogen and oxygen atoms in total. The van der Waals surface area contributed by atoms with Crippen LogP contribution in [0.15, 0.2) is 86.8 Å². The summed E-state index contributed by atoms with van der Waals surface area (Å²) in [6.07, 6.45) is 1.36. The lowest BCUT2D eigenvalue weighted by molar-refractivity contribution is 0.0733. The maximum atomic E-state index is 13.4. The van der Waals surface area contributed by atoms with Crippen LogP contribution in [0.25, 0.3) is 22.0 Å². The summed E-state index contributed by atoms with van der Waals surface area (Å²) in [7, 11) is 0. The molecule has 0 saturated carbocycles. The molecule has 2 N–H and O–H groups in total. The molecule has 41 heavy (non-hydrogen) atoms. The van der Waals surface area contributed by atoms with E-state index in [4.69, 9.17) is 51.1 Å². The fraction of sp³-hybridized carbons (Fsp3) is 0. The predicted molar refractivity (Wildman–Crippen MR) is 172 cm³/mol. The van der Waals surface area contributed by atoms with Gasteiger partial charge in [0.05, 0.1) is 26.8 Å². The minimum absolute atomic E-state index is 0.180. The van der Waals surface area contributed by atoms with Gasteiger partial charge in [0.2, 0.25) is 0 Å². The second-order valence-electron chi connectivity index (χ2n) is 8.57. The van der Waals surface area contributed by atoms with Crippen LogP contribution in [0.2, 0.25) is 20.1 Å². The lowest BCUT2D eigenvalue weighted by Gasteiger charge is -2.11. The Morgan fingerprint density at radius 2 is 1.61 bits per heavy atom. The minimum Gasteiger partial charge on any atom is -0.421 e. The zero-order chi connectivity index (χ0) is 29.3. The lowest BCUT2D eigenvalue weighted by Crippen LogP contribution is -2.19. The molecule has 0 saturated heterocycles. The second-order valence-corrected chi connectivity index (χ2v) is 12.0. The number of hydrogen-bond acceptors (Lipinski definition) is 4. The van der Waals surface area contributed by atoms with Gasteiger partial charge in [-0.25, -0.2) is 10.2 Å². The number of halogens is 6. The van der Waals surface area contributed by atoms with Gasteiger partial charge in [0, 0.05) is 41.6 Å². The molecule has 0 aliphatic rings. The van der Waals surface area contributed by atoms with Crippen LogP contribution in [0.3, 0.4) is 0 Å². The standard InChI is InChI=1S/C29H15Br2Cl4N3O3/c30-16-9-15(27(21(31)10-16)41-29(40)14-5-7-17(32)8-6-14)13-36-38-28(39)26-24(19-3-1-2-4-22(19)34)20-11-18(33)12-23(35)25(20)37-26/h1-13,37H,(H,38,39). The summed E-state index contributed by atoms with van der Waals surface area (Å²) in [5.41, 5.74) is 5.07. The molecule has 0 bridgehead atoms. The van der Waals surface area contributed by atoms with Crippen molar-refractivity contribution in [1.82, 2.24) is 10.4 Å². The first-order chi connectivity index (χ1) is 19.6. The Morgan fingerprint density at radius 3 is 2.34 bits per heavy atom. The van der Waals surface area contributed by atoms with E-state index in [0.717, 1.165) is 0 Å². The van der Waals surface area contributed by atoms with Gasteiger partial charge in [-0.3, -0.25) is 4.79 Å². The smallest absolute Gasteiger partial charge is 0.343 e. The summed E-state index contributed by atoms with van der Waals surface area (Å²) in [5, 5.41) is 6.43. The average molecular weight is 755 g/mol. The molecule has 0 aliphatic carbocycles. The van der Waals surface area contributed by atoms with Crippen molar-refractivity contribution in [3.05, 3.63) is 119 Å². The number of benzene rings is 4. The molecule has 206 valence electrons. The molecule has 4 aromatic carbocycles. The van der Waals surface area contributed by atoms with E-state index in [0.29, 0.717) is 62.2 Å². The molecule has 5 aromatic rings. The van der Waals surface area contributed by atoms with E-state index in [-0.39, 0.29) is 11.4 Å². The summed E-state index contributed by atoms with van der Waals surface area (Å²) >= 11 is 32.0. The quantitative estimate of drug-likeness (QED) is 0.0784. The minimum atomic E-state index is -0.596. The zero-order valence-electron chi connectivity index (χ0n) is 20.4. The Hall–Kier alpha value is -2.85. The Morgan fingerprint density at radius 1 is 0.878 bits per heavy atom. The van der Waals surface area contributed by atoms with Crippen molar-refractivity contribution >= 4 is 107 Å². The van der Waals surface area contributed by atoms with E-state index in [1.54, 1.807) is 66.7 Å². The van der Waals surface area contributed by atoms with Crippen molar-refractivity contribution < 1.29 is 14.3 Å². The third kappa shape index (κ3) is 6.48. The number of esters is 1. The van der Waals surface area contributed by atoms with Gasteiger partial charge in [-0.05, 0) is 70.5 Å². The van der Waals surface area contributed by atoms with Gasteiger partial charge >= 0.3 is 5.97 Å². The van der Waals surface area contributed by atoms with Crippen LogP contribution in [0.5, 0.6) is 5.75 Å². The third-order valence-corrected chi connectivity index (χ3v) is 8.02. The largest absolute Gasteiger partial charge is 0.421 e. The number of nitrogens with zero attached hydrogens (tertiary/aromatic N) is 1. The summed E-state index contributed by atoms with van der Waals surface area (Å²) in [6.45, 7) is 0. The molecule has 1 amide bonds. The molecule has 1 heterocycles. The van der Waals surface area contributed by atoms with E-state index >= 15 is 0 Å². The predicted octanol–water partition coefficient (Wildman–Crippen LogP) is 9.96. The normalized spacial score (nSPS) is 11.3. The van der Waals surface area contributed by atoms with Gasteiger partial charge in [-0.1, -0.05) is 80.5 Å². The Balaban J connectivity index is 1.47. The highest BCUT2D eigenvalue weighted by atomic mass is 79.9. The van der Waals surface area contributed by atoms with Crippen molar-refractivity contribution in [1.29, 1.82) is 0 Å². The van der Waals surface area contributed by atoms with Crippen molar-refractivity contribution in [2.45, 2.75) is 0 Å². The van der Waals surface area contributed by atoms with Crippen LogP contribution in [-0.4, -0.2) is 23.1 Å². The van der Waals surface area contributed by atoms with Crippen molar-refractivity contribution in [2.24, 2.45) is 5.10 Å². The number of nitrogens with one attached hydrogen (secondary N) is 2. The molecule has 1 aromatic heterocycles. The number of amides is 1. The van der Waals surface area contributed by atoms with Crippen LogP contribution in [0, 0.1) is 0 Å². The first-order valence-electron chi connectivity index (χ1n) is 11.7. The molecular weight excluding hydrogens is 740 g/mol. The van der Waals surface area contributed by atoms with E-state index in [9.17, 15) is 9.59 Å². The highest BCUT2D eigenvalue weighted by Crippen LogP contribution is 2.40. The molecule has 0 aliphatic heterocycles. The molecular formula is C29H15Br2Cl4N3O3. The fourth-order valence-corrected chi connectivity index (χ4v) is 6.31. The molecule has 0 unspecified atom stereocenters. The molecule has 0 radical (unpaired) electrons. The number of rotatable bonds is 6. The number of hydrazone groups is 1. The molecule has 0 fully saturated rings. The van der Waals surface area contributed by atoms with Crippen LogP contribution in [0.1, 0.15) is 26.4 Å². The molecule has 0 atom stereocenters. The number of carbonyl (C=O) groups is 2. The van der Waals surface area contributed by atoms with Gasteiger partial charge in [-0.2, -0.15) is 5.10 Å². The first-order valence-corrected chi connectivity index (χ1v) is 14.8. The van der Waals surface area contributed by atoms with E-state index in [2.05, 4.69) is 47.4 Å². The van der Waals surface area contributed by atoms with E-state index in [1.807, 2.05) is 6.07 Å². The van der Waals surface area contributed by atoms with Gasteiger partial charge in [0.1, 0.15) is 5.69 Å². The lowest BCUT2D eigenvalue weighted by atomic mass is 10.0. The van der Waals surface area contributed by atoms with Crippen molar-refractivity contribution in [3.63, 3.8) is 0 Å². The Kier molecular flexibility index (Phi) is 9.09. The van der Waals surface area contributed by atoms with Crippen LogP contribution in [-0.2, 0) is 0 Å². The summed E-state index contributed by atoms with van der Waals surface area (Å²) in [5.74, 6) is -0.954. The Bertz CT molecular complexity index is 1860. The van der Waals surface area contributed by atoms with Gasteiger partial charge in [0.25, 0.3) is 5.91 Å². The highest BCUT2D eigenvalue weighted by molar-refractivity contribution is 9.11. The number of aromatic amines is 1. The first kappa shape index (κ1) is 29.6. The van der Waals surface area contributed by atoms with Crippen molar-refractivity contribution in [3.8, 4) is 16.9 Å². The van der Waals surface area contributed by atoms with Crippen molar-refractivity contribution in [2.75, 3.05) is 0 Å². The molecule has 0 spiro atoms. The van der Waals surface area contributed by atoms with Gasteiger partial charge in [-0.15, -0.1) is 0 Å². The second kappa shape index (κ2) is 12.6. The highest BCUT2D eigenvalue weighted by Gasteiger charge is 2.23. The number of aromatic nitrogens is 1. The van der Waals surface area contributed by atoms with Crippen LogP contribution < -0.4 is 10.2 Å². The van der Waals surface area contributed by atoms with Crippen LogP contribution >= 0.6 is 78.3 Å². The fourth-order valence-electron chi connectivity index (χ4n) is 4.07. The number of carbonyl (C=O) groups excluding carboxylic acids is 2. The van der Waals surface area contributed by atoms with E-state index in [1.165, 1.54) is 6.21 Å². The Labute approximate surface area is 270 Å². The number of hydrogen-bond donors (Lipinski definition) is 2. The SMILES string of the molecule is O=C(Oc1c(Br)cc(Br)cc1C=NNC(=O)c1[nH]c2c(Cl)cc(Cl)cc2c1-c1ccccc1Cl)c1ccc(Cl)cc1.